The van der Waals surface area contributed by atoms with Crippen LogP contribution in [0.1, 0.15) is 26.2 Å². The molecule has 6 heteroatoms. The fraction of sp³-hybridized carbons (Fsp3) is 0.583. The van der Waals surface area contributed by atoms with Crippen LogP contribution in [-0.4, -0.2) is 21.6 Å². The Morgan fingerprint density at radius 3 is 2.72 bits per heavy atom. The zero-order chi connectivity index (χ0) is 13.5. The summed E-state index contributed by atoms with van der Waals surface area (Å²) in [5.74, 6) is -0.216. The van der Waals surface area contributed by atoms with E-state index in [-0.39, 0.29) is 18.0 Å². The van der Waals surface area contributed by atoms with Crippen LogP contribution in [0, 0.1) is 0 Å². The van der Waals surface area contributed by atoms with Crippen LogP contribution in [0.4, 0.5) is 0 Å². The molecule has 1 rings (SSSR count). The van der Waals surface area contributed by atoms with Crippen LogP contribution in [0.5, 0.6) is 0 Å². The molecule has 1 amide bonds. The van der Waals surface area contributed by atoms with Crippen LogP contribution in [0.25, 0.3) is 0 Å². The lowest BCUT2D eigenvalue weighted by atomic mass is 10.2. The third-order valence-corrected chi connectivity index (χ3v) is 2.68. The van der Waals surface area contributed by atoms with Gasteiger partial charge < -0.3 is 5.32 Å². The summed E-state index contributed by atoms with van der Waals surface area (Å²) in [5, 5.41) is 2.74. The highest BCUT2D eigenvalue weighted by Crippen LogP contribution is 1.91. The van der Waals surface area contributed by atoms with E-state index in [0.29, 0.717) is 6.54 Å². The fourth-order valence-corrected chi connectivity index (χ4v) is 1.55. The van der Waals surface area contributed by atoms with Crippen LogP contribution in [0.15, 0.2) is 21.9 Å². The molecule has 0 aromatic carbocycles. The van der Waals surface area contributed by atoms with Crippen molar-refractivity contribution in [2.45, 2.75) is 32.7 Å². The number of nitrogens with one attached hydrogen (secondary N) is 1. The number of hydrogen-bond donors (Lipinski definition) is 1. The number of aromatic nitrogens is 2. The van der Waals surface area contributed by atoms with Crippen LogP contribution in [-0.2, 0) is 18.4 Å². The van der Waals surface area contributed by atoms with Crippen molar-refractivity contribution in [2.24, 2.45) is 7.05 Å². The molecule has 0 saturated heterocycles. The maximum Gasteiger partial charge on any atom is 0.331 e. The van der Waals surface area contributed by atoms with E-state index >= 15 is 0 Å². The largest absolute Gasteiger partial charge is 0.355 e. The first kappa shape index (κ1) is 14.2. The van der Waals surface area contributed by atoms with Crippen molar-refractivity contribution in [1.29, 1.82) is 0 Å². The van der Waals surface area contributed by atoms with E-state index in [4.69, 9.17) is 0 Å². The molecule has 6 nitrogen and oxygen atoms in total. The molecule has 0 unspecified atom stereocenters. The smallest absolute Gasteiger partial charge is 0.331 e. The molecular weight excluding hydrogens is 234 g/mol. The van der Waals surface area contributed by atoms with Gasteiger partial charge in [-0.3, -0.25) is 18.7 Å². The summed E-state index contributed by atoms with van der Waals surface area (Å²) in [6.45, 7) is 2.65. The van der Waals surface area contributed by atoms with Crippen LogP contribution in [0.2, 0.25) is 0 Å². The average molecular weight is 253 g/mol. The Kier molecular flexibility index (Phi) is 5.35. The molecule has 1 heterocycles. The second kappa shape index (κ2) is 6.78. The summed E-state index contributed by atoms with van der Waals surface area (Å²) >= 11 is 0. The van der Waals surface area contributed by atoms with Gasteiger partial charge in [-0.05, 0) is 6.42 Å². The van der Waals surface area contributed by atoms with E-state index in [0.717, 1.165) is 23.8 Å². The predicted octanol–water partition coefficient (Wildman–Crippen LogP) is -0.147. The Morgan fingerprint density at radius 1 is 1.33 bits per heavy atom. The molecular formula is C12H19N3O3. The summed E-state index contributed by atoms with van der Waals surface area (Å²) in [6.07, 6.45) is 4.44. The van der Waals surface area contributed by atoms with Crippen LogP contribution >= 0.6 is 0 Å². The summed E-state index contributed by atoms with van der Waals surface area (Å²) in [5.41, 5.74) is -0.856. The van der Waals surface area contributed by atoms with Crippen molar-refractivity contribution in [3.05, 3.63) is 33.1 Å². The molecule has 0 atom stereocenters. The molecule has 1 aromatic rings. The Bertz CT molecular complexity index is 516. The molecule has 100 valence electrons. The third-order valence-electron chi connectivity index (χ3n) is 2.68. The molecule has 0 aliphatic carbocycles. The Labute approximate surface area is 105 Å². The monoisotopic (exact) mass is 253 g/mol. The first-order chi connectivity index (χ1) is 8.56. The van der Waals surface area contributed by atoms with Gasteiger partial charge in [0.2, 0.25) is 5.91 Å². The van der Waals surface area contributed by atoms with E-state index < -0.39 is 5.69 Å². The van der Waals surface area contributed by atoms with Crippen molar-refractivity contribution in [3.8, 4) is 0 Å². The topological polar surface area (TPSA) is 73.1 Å². The Hall–Kier alpha value is -1.85. The lowest BCUT2D eigenvalue weighted by molar-refractivity contribution is -0.121. The van der Waals surface area contributed by atoms with Crippen molar-refractivity contribution in [2.75, 3.05) is 6.54 Å². The standard InChI is InChI=1S/C12H19N3O3/c1-3-4-5-7-13-10(16)9-15-8-6-11(17)14(2)12(15)18/h6,8H,3-5,7,9H2,1-2H3,(H,13,16). The van der Waals surface area contributed by atoms with Crippen molar-refractivity contribution >= 4 is 5.91 Å². The normalized spacial score (nSPS) is 10.3. The highest BCUT2D eigenvalue weighted by atomic mass is 16.2. The van der Waals surface area contributed by atoms with Gasteiger partial charge in [0.05, 0.1) is 0 Å². The highest BCUT2D eigenvalue weighted by Gasteiger charge is 2.05. The fourth-order valence-electron chi connectivity index (χ4n) is 1.55. The number of rotatable bonds is 6. The zero-order valence-corrected chi connectivity index (χ0v) is 10.8. The highest BCUT2D eigenvalue weighted by molar-refractivity contribution is 5.75. The van der Waals surface area contributed by atoms with Crippen molar-refractivity contribution in [1.82, 2.24) is 14.5 Å². The third kappa shape index (κ3) is 3.87. The number of nitrogens with zero attached hydrogens (tertiary/aromatic N) is 2. The number of carbonyl (C=O) groups excluding carboxylic acids is 1. The maximum absolute atomic E-state index is 11.6. The molecule has 0 radical (unpaired) electrons. The summed E-state index contributed by atoms with van der Waals surface area (Å²) in [7, 11) is 1.39. The lowest BCUT2D eigenvalue weighted by Crippen LogP contribution is -2.40. The van der Waals surface area contributed by atoms with Crippen LogP contribution < -0.4 is 16.6 Å². The molecule has 1 aromatic heterocycles. The van der Waals surface area contributed by atoms with E-state index in [1.165, 1.54) is 23.9 Å². The molecule has 0 fully saturated rings. The number of amides is 1. The SMILES string of the molecule is CCCCCNC(=O)Cn1ccc(=O)n(C)c1=O. The van der Waals surface area contributed by atoms with Gasteiger partial charge in [-0.1, -0.05) is 19.8 Å². The van der Waals surface area contributed by atoms with Gasteiger partial charge in [0.25, 0.3) is 5.56 Å². The number of hydrogen-bond acceptors (Lipinski definition) is 3. The molecule has 0 spiro atoms. The van der Waals surface area contributed by atoms with Crippen molar-refractivity contribution < 1.29 is 4.79 Å². The molecule has 1 N–H and O–H groups in total. The minimum Gasteiger partial charge on any atom is -0.355 e. The predicted molar refractivity (Wildman–Crippen MR) is 68.5 cm³/mol. The molecule has 0 saturated carbocycles. The zero-order valence-electron chi connectivity index (χ0n) is 10.8. The maximum atomic E-state index is 11.6. The summed E-state index contributed by atoms with van der Waals surface area (Å²) < 4.78 is 2.20. The van der Waals surface area contributed by atoms with E-state index in [2.05, 4.69) is 12.2 Å². The summed E-state index contributed by atoms with van der Waals surface area (Å²) in [4.78, 5) is 34.4. The van der Waals surface area contributed by atoms with Gasteiger partial charge in [0.15, 0.2) is 0 Å². The van der Waals surface area contributed by atoms with Gasteiger partial charge in [-0.2, -0.15) is 0 Å². The van der Waals surface area contributed by atoms with E-state index in [9.17, 15) is 14.4 Å². The van der Waals surface area contributed by atoms with Gasteiger partial charge in [0, 0.05) is 25.9 Å². The van der Waals surface area contributed by atoms with Gasteiger partial charge >= 0.3 is 5.69 Å². The van der Waals surface area contributed by atoms with Gasteiger partial charge in [-0.15, -0.1) is 0 Å². The molecule has 0 aliphatic rings. The molecule has 18 heavy (non-hydrogen) atoms. The second-order valence-electron chi connectivity index (χ2n) is 4.18. The van der Waals surface area contributed by atoms with Crippen LogP contribution in [0.3, 0.4) is 0 Å². The second-order valence-corrected chi connectivity index (χ2v) is 4.18. The average Bonchev–Trinajstić information content (AvgIpc) is 2.35. The van der Waals surface area contributed by atoms with Crippen molar-refractivity contribution in [3.63, 3.8) is 0 Å². The lowest BCUT2D eigenvalue weighted by Gasteiger charge is -2.07. The van der Waals surface area contributed by atoms with Gasteiger partial charge in [-0.25, -0.2) is 4.79 Å². The van der Waals surface area contributed by atoms with Gasteiger partial charge in [0.1, 0.15) is 6.54 Å². The molecule has 0 aliphatic heterocycles. The minimum atomic E-state index is -0.480. The first-order valence-corrected chi connectivity index (χ1v) is 6.09. The number of carbonyl (C=O) groups is 1. The minimum absolute atomic E-state index is 0.0565. The first-order valence-electron chi connectivity index (χ1n) is 6.09. The molecule has 0 bridgehead atoms. The van der Waals surface area contributed by atoms with E-state index in [1.807, 2.05) is 0 Å². The Balaban J connectivity index is 2.58. The summed E-state index contributed by atoms with van der Waals surface area (Å²) in [6, 6.07) is 1.27. The Morgan fingerprint density at radius 2 is 2.06 bits per heavy atom. The van der Waals surface area contributed by atoms with E-state index in [1.54, 1.807) is 0 Å². The quantitative estimate of drug-likeness (QED) is 0.717. The number of unbranched alkanes of at least 4 members (excludes halogenated alkanes) is 2.